The highest BCUT2D eigenvalue weighted by Gasteiger charge is 2.19. The van der Waals surface area contributed by atoms with Gasteiger partial charge >= 0.3 is 0 Å². The molecule has 1 aliphatic heterocycles. The number of hydrogen-bond donors (Lipinski definition) is 0. The van der Waals surface area contributed by atoms with Crippen LogP contribution in [0.15, 0.2) is 53.2 Å². The molecule has 0 aliphatic carbocycles. The zero-order valence-electron chi connectivity index (χ0n) is 19.7. The second-order valence-electron chi connectivity index (χ2n) is 8.10. The monoisotopic (exact) mass is 451 g/mol. The molecule has 176 valence electrons. The number of methoxy groups -OCH3 is 2. The van der Waals surface area contributed by atoms with Crippen molar-refractivity contribution in [2.24, 2.45) is 0 Å². The Kier molecular flexibility index (Phi) is 7.80. The minimum Gasteiger partial charge on any atom is -0.493 e. The van der Waals surface area contributed by atoms with Crippen molar-refractivity contribution < 1.29 is 14.0 Å². The van der Waals surface area contributed by atoms with Crippen LogP contribution in [-0.4, -0.2) is 80.0 Å². The molecule has 1 aliphatic rings. The van der Waals surface area contributed by atoms with Crippen LogP contribution in [0.4, 0.5) is 5.82 Å². The fraction of sp³-hybridized carbons (Fsp3) is 0.440. The molecule has 1 aromatic carbocycles. The molecule has 3 aromatic rings. The standard InChI is InChI=1S/C25H33N5O3/c1-4-28(12-13-29-14-16-30(17-15-29)24-10-5-6-11-26-24)19-20-18-22(27-33-20)21-8-7-9-23(31-2)25(21)32-3/h5-11,18H,4,12-17,19H2,1-3H3. The van der Waals surface area contributed by atoms with E-state index >= 15 is 0 Å². The SMILES string of the molecule is CCN(CCN1CCN(c2ccccn2)CC1)Cc1cc(-c2cccc(OC)c2OC)no1. The number of likely N-dealkylation sites (N-methyl/N-ethyl adjacent to an activating group) is 1. The molecule has 2 aromatic heterocycles. The summed E-state index contributed by atoms with van der Waals surface area (Å²) in [6.45, 7) is 10.0. The molecule has 1 fully saturated rings. The largest absolute Gasteiger partial charge is 0.493 e. The van der Waals surface area contributed by atoms with Crippen molar-refractivity contribution >= 4 is 5.82 Å². The Morgan fingerprint density at radius 3 is 2.58 bits per heavy atom. The van der Waals surface area contributed by atoms with E-state index in [-0.39, 0.29) is 0 Å². The summed E-state index contributed by atoms with van der Waals surface area (Å²) in [4.78, 5) is 11.7. The van der Waals surface area contributed by atoms with Gasteiger partial charge in [-0.2, -0.15) is 0 Å². The molecule has 0 saturated carbocycles. The van der Waals surface area contributed by atoms with Crippen LogP contribution in [0.2, 0.25) is 0 Å². The first kappa shape index (κ1) is 23.1. The van der Waals surface area contributed by atoms with E-state index in [2.05, 4.69) is 37.8 Å². The van der Waals surface area contributed by atoms with Crippen molar-refractivity contribution in [1.82, 2.24) is 19.9 Å². The summed E-state index contributed by atoms with van der Waals surface area (Å²) < 4.78 is 16.6. The lowest BCUT2D eigenvalue weighted by atomic mass is 10.1. The summed E-state index contributed by atoms with van der Waals surface area (Å²) in [5.74, 6) is 3.26. The minimum atomic E-state index is 0.664. The van der Waals surface area contributed by atoms with Gasteiger partial charge in [-0.3, -0.25) is 9.80 Å². The Hall–Kier alpha value is -3.10. The Morgan fingerprint density at radius 1 is 1.03 bits per heavy atom. The Bertz CT molecular complexity index is 1000. The van der Waals surface area contributed by atoms with Crippen LogP contribution in [0.5, 0.6) is 11.5 Å². The fourth-order valence-corrected chi connectivity index (χ4v) is 4.20. The predicted octanol–water partition coefficient (Wildman–Crippen LogP) is 3.40. The minimum absolute atomic E-state index is 0.664. The average molecular weight is 452 g/mol. The zero-order chi connectivity index (χ0) is 23.0. The number of aromatic nitrogens is 2. The fourth-order valence-electron chi connectivity index (χ4n) is 4.20. The number of rotatable bonds is 10. The van der Waals surface area contributed by atoms with Gasteiger partial charge in [0.1, 0.15) is 11.5 Å². The van der Waals surface area contributed by atoms with E-state index in [0.717, 1.165) is 75.2 Å². The molecule has 4 rings (SSSR count). The van der Waals surface area contributed by atoms with Gasteiger partial charge in [-0.1, -0.05) is 24.2 Å². The van der Waals surface area contributed by atoms with Crippen molar-refractivity contribution in [1.29, 1.82) is 0 Å². The van der Waals surface area contributed by atoms with Gasteiger partial charge in [-0.25, -0.2) is 4.98 Å². The lowest BCUT2D eigenvalue weighted by Gasteiger charge is -2.36. The van der Waals surface area contributed by atoms with Crippen LogP contribution in [0, 0.1) is 0 Å². The Morgan fingerprint density at radius 2 is 1.88 bits per heavy atom. The maximum atomic E-state index is 5.66. The first-order valence-corrected chi connectivity index (χ1v) is 11.5. The number of benzene rings is 1. The van der Waals surface area contributed by atoms with Gasteiger partial charge in [0.15, 0.2) is 17.3 Å². The number of ether oxygens (including phenoxy) is 2. The summed E-state index contributed by atoms with van der Waals surface area (Å²) >= 11 is 0. The highest BCUT2D eigenvalue weighted by Crippen LogP contribution is 2.37. The van der Waals surface area contributed by atoms with Crippen LogP contribution in [0.3, 0.4) is 0 Å². The van der Waals surface area contributed by atoms with Crippen molar-refractivity contribution in [3.8, 4) is 22.8 Å². The molecule has 8 heteroatoms. The molecule has 0 amide bonds. The van der Waals surface area contributed by atoms with E-state index in [1.807, 2.05) is 42.6 Å². The van der Waals surface area contributed by atoms with Crippen LogP contribution in [0.1, 0.15) is 12.7 Å². The first-order chi connectivity index (χ1) is 16.2. The molecule has 0 atom stereocenters. The quantitative estimate of drug-likeness (QED) is 0.465. The van der Waals surface area contributed by atoms with Crippen molar-refractivity contribution in [3.05, 3.63) is 54.4 Å². The second kappa shape index (κ2) is 11.2. The number of hydrogen-bond acceptors (Lipinski definition) is 8. The third-order valence-electron chi connectivity index (χ3n) is 6.14. The summed E-state index contributed by atoms with van der Waals surface area (Å²) in [5.41, 5.74) is 1.61. The number of piperazine rings is 1. The van der Waals surface area contributed by atoms with E-state index in [0.29, 0.717) is 11.5 Å². The van der Waals surface area contributed by atoms with Crippen molar-refractivity contribution in [3.63, 3.8) is 0 Å². The molecule has 0 bridgehead atoms. The number of pyridine rings is 1. The molecule has 1 saturated heterocycles. The maximum absolute atomic E-state index is 5.66. The summed E-state index contributed by atoms with van der Waals surface area (Å²) in [5, 5.41) is 4.29. The molecule has 0 spiro atoms. The number of para-hydroxylation sites is 1. The molecule has 33 heavy (non-hydrogen) atoms. The van der Waals surface area contributed by atoms with E-state index in [9.17, 15) is 0 Å². The van der Waals surface area contributed by atoms with E-state index < -0.39 is 0 Å². The molecule has 0 radical (unpaired) electrons. The summed E-state index contributed by atoms with van der Waals surface area (Å²) in [6, 6.07) is 13.9. The van der Waals surface area contributed by atoms with Crippen LogP contribution in [-0.2, 0) is 6.54 Å². The Balaban J connectivity index is 1.30. The highest BCUT2D eigenvalue weighted by atomic mass is 16.5. The first-order valence-electron chi connectivity index (χ1n) is 11.5. The van der Waals surface area contributed by atoms with Crippen LogP contribution >= 0.6 is 0 Å². The van der Waals surface area contributed by atoms with E-state index in [1.54, 1.807) is 14.2 Å². The van der Waals surface area contributed by atoms with Crippen LogP contribution < -0.4 is 14.4 Å². The van der Waals surface area contributed by atoms with Gasteiger partial charge < -0.3 is 18.9 Å². The number of anilines is 1. The van der Waals surface area contributed by atoms with Crippen molar-refractivity contribution in [2.45, 2.75) is 13.5 Å². The van der Waals surface area contributed by atoms with Crippen LogP contribution in [0.25, 0.3) is 11.3 Å². The van der Waals surface area contributed by atoms with E-state index in [4.69, 9.17) is 14.0 Å². The normalized spacial score (nSPS) is 14.6. The van der Waals surface area contributed by atoms with Gasteiger partial charge in [-0.05, 0) is 30.8 Å². The second-order valence-corrected chi connectivity index (χ2v) is 8.10. The average Bonchev–Trinajstić information content (AvgIpc) is 3.35. The Labute approximate surface area is 195 Å². The zero-order valence-corrected chi connectivity index (χ0v) is 19.7. The maximum Gasteiger partial charge on any atom is 0.170 e. The summed E-state index contributed by atoms with van der Waals surface area (Å²) in [7, 11) is 3.27. The van der Waals surface area contributed by atoms with Gasteiger partial charge in [0.25, 0.3) is 0 Å². The lowest BCUT2D eigenvalue weighted by molar-refractivity contribution is 0.185. The third kappa shape index (κ3) is 5.64. The van der Waals surface area contributed by atoms with E-state index in [1.165, 1.54) is 0 Å². The van der Waals surface area contributed by atoms with Gasteiger partial charge in [0.05, 0.1) is 20.8 Å². The van der Waals surface area contributed by atoms with Gasteiger partial charge in [0.2, 0.25) is 0 Å². The molecule has 8 nitrogen and oxygen atoms in total. The van der Waals surface area contributed by atoms with Crippen molar-refractivity contribution in [2.75, 3.05) is 64.9 Å². The molecule has 0 unspecified atom stereocenters. The molecular weight excluding hydrogens is 418 g/mol. The topological polar surface area (TPSA) is 67.1 Å². The van der Waals surface area contributed by atoms with Gasteiger partial charge in [-0.15, -0.1) is 0 Å². The summed E-state index contributed by atoms with van der Waals surface area (Å²) in [6.07, 6.45) is 1.86. The molecule has 0 N–H and O–H groups in total. The molecule has 3 heterocycles. The lowest BCUT2D eigenvalue weighted by Crippen LogP contribution is -2.48. The predicted molar refractivity (Wildman–Crippen MR) is 129 cm³/mol. The third-order valence-corrected chi connectivity index (χ3v) is 6.14. The molecular formula is C25H33N5O3. The van der Waals surface area contributed by atoms with Gasteiger partial charge in [0, 0.05) is 57.1 Å². The smallest absolute Gasteiger partial charge is 0.170 e. The number of nitrogens with zero attached hydrogens (tertiary/aromatic N) is 5. The highest BCUT2D eigenvalue weighted by molar-refractivity contribution is 5.71.